The number of nitrogens with zero attached hydrogens (tertiary/aromatic N) is 5. The van der Waals surface area contributed by atoms with Gasteiger partial charge in [-0.15, -0.1) is 0 Å². The lowest BCUT2D eigenvalue weighted by molar-refractivity contribution is 0.597. The third kappa shape index (κ3) is 3.21. The van der Waals surface area contributed by atoms with E-state index in [1.54, 1.807) is 7.05 Å². The molecule has 4 aromatic rings. The Bertz CT molecular complexity index is 1460. The van der Waals surface area contributed by atoms with E-state index >= 15 is 0 Å². The van der Waals surface area contributed by atoms with E-state index in [0.717, 1.165) is 28.7 Å². The molecular formula is C24H24BrN5O2. The third-order valence-corrected chi connectivity index (χ3v) is 6.87. The second kappa shape index (κ2) is 7.78. The van der Waals surface area contributed by atoms with Crippen molar-refractivity contribution in [3.8, 4) is 0 Å². The van der Waals surface area contributed by atoms with Gasteiger partial charge in [0.25, 0.3) is 5.56 Å². The average molecular weight is 494 g/mol. The lowest BCUT2D eigenvalue weighted by Crippen LogP contribution is -2.40. The van der Waals surface area contributed by atoms with Gasteiger partial charge in [-0.3, -0.25) is 13.9 Å². The maximum absolute atomic E-state index is 13.5. The summed E-state index contributed by atoms with van der Waals surface area (Å²) >= 11 is 3.42. The molecule has 3 heterocycles. The molecule has 2 aromatic carbocycles. The van der Waals surface area contributed by atoms with Crippen molar-refractivity contribution in [1.29, 1.82) is 0 Å². The molecule has 0 N–H and O–H groups in total. The Hall–Kier alpha value is -3.13. The van der Waals surface area contributed by atoms with Crippen molar-refractivity contribution in [1.82, 2.24) is 18.7 Å². The molecule has 2 aromatic heterocycles. The summed E-state index contributed by atoms with van der Waals surface area (Å²) < 4.78 is 5.72. The zero-order chi connectivity index (χ0) is 22.6. The van der Waals surface area contributed by atoms with Crippen LogP contribution in [0.3, 0.4) is 0 Å². The molecule has 0 unspecified atom stereocenters. The van der Waals surface area contributed by atoms with E-state index in [1.807, 2.05) is 34.9 Å². The molecule has 0 atom stereocenters. The Balaban J connectivity index is 1.71. The van der Waals surface area contributed by atoms with Gasteiger partial charge in [0.15, 0.2) is 11.2 Å². The number of hydrogen-bond donors (Lipinski definition) is 0. The average Bonchev–Trinajstić information content (AvgIpc) is 3.18. The molecule has 0 radical (unpaired) electrons. The summed E-state index contributed by atoms with van der Waals surface area (Å²) in [5.41, 5.74) is 4.62. The molecule has 0 saturated carbocycles. The number of aromatic nitrogens is 4. The number of imidazole rings is 1. The number of halogens is 1. The van der Waals surface area contributed by atoms with Crippen LogP contribution in [-0.2, 0) is 20.1 Å². The van der Waals surface area contributed by atoms with Crippen molar-refractivity contribution in [2.75, 3.05) is 11.4 Å². The molecule has 1 aliphatic rings. The molecule has 8 heteroatoms. The molecule has 5 rings (SSSR count). The SMILES string of the molecule is Cc1cccc(N2CCCn3c2nc2c3c(=O)n(Cc3ccc(Br)cc3)c(=O)n2C)c1C. The fraction of sp³-hybridized carbons (Fsp3) is 0.292. The highest BCUT2D eigenvalue weighted by molar-refractivity contribution is 9.10. The Morgan fingerprint density at radius 1 is 1.03 bits per heavy atom. The van der Waals surface area contributed by atoms with Gasteiger partial charge >= 0.3 is 5.69 Å². The van der Waals surface area contributed by atoms with Gasteiger partial charge < -0.3 is 9.47 Å². The maximum Gasteiger partial charge on any atom is 0.332 e. The van der Waals surface area contributed by atoms with Crippen LogP contribution in [0.1, 0.15) is 23.1 Å². The zero-order valence-electron chi connectivity index (χ0n) is 18.3. The fourth-order valence-corrected chi connectivity index (χ4v) is 4.70. The van der Waals surface area contributed by atoms with Gasteiger partial charge in [-0.25, -0.2) is 4.79 Å². The molecule has 1 aliphatic heterocycles. The van der Waals surface area contributed by atoms with Gasteiger partial charge in [-0.1, -0.05) is 40.2 Å². The van der Waals surface area contributed by atoms with Gasteiger partial charge in [0.05, 0.1) is 6.54 Å². The van der Waals surface area contributed by atoms with Crippen molar-refractivity contribution in [3.63, 3.8) is 0 Å². The van der Waals surface area contributed by atoms with Crippen molar-refractivity contribution >= 4 is 38.7 Å². The summed E-state index contributed by atoms with van der Waals surface area (Å²) in [5, 5.41) is 0. The number of hydrogen-bond acceptors (Lipinski definition) is 4. The van der Waals surface area contributed by atoms with Crippen molar-refractivity contribution < 1.29 is 0 Å². The largest absolute Gasteiger partial charge is 0.332 e. The molecule has 7 nitrogen and oxygen atoms in total. The molecule has 0 bridgehead atoms. The summed E-state index contributed by atoms with van der Waals surface area (Å²) in [7, 11) is 1.68. The second-order valence-corrected chi connectivity index (χ2v) is 9.23. The summed E-state index contributed by atoms with van der Waals surface area (Å²) in [6.45, 7) is 5.92. The van der Waals surface area contributed by atoms with Crippen LogP contribution in [-0.4, -0.2) is 25.2 Å². The first-order valence-electron chi connectivity index (χ1n) is 10.6. The van der Waals surface area contributed by atoms with Gasteiger partial charge in [0, 0.05) is 30.3 Å². The standard InChI is InChI=1S/C24H24BrN5O2/c1-15-6-4-7-19(16(15)2)28-12-5-13-29-20-21(26-23(28)29)27(3)24(32)30(22(20)31)14-17-8-10-18(25)11-9-17/h4,6-11H,5,12-14H2,1-3H3. The molecule has 0 fully saturated rings. The molecule has 0 saturated heterocycles. The van der Waals surface area contributed by atoms with Gasteiger partial charge in [-0.05, 0) is 55.2 Å². The Morgan fingerprint density at radius 3 is 2.53 bits per heavy atom. The molecule has 0 amide bonds. The molecule has 32 heavy (non-hydrogen) atoms. The highest BCUT2D eigenvalue weighted by Crippen LogP contribution is 2.33. The van der Waals surface area contributed by atoms with Gasteiger partial charge in [0.2, 0.25) is 5.95 Å². The van der Waals surface area contributed by atoms with Crippen LogP contribution in [0.15, 0.2) is 56.5 Å². The Kier molecular flexibility index (Phi) is 5.04. The van der Waals surface area contributed by atoms with Crippen LogP contribution in [0.2, 0.25) is 0 Å². The first-order chi connectivity index (χ1) is 15.4. The minimum Gasteiger partial charge on any atom is -0.312 e. The van der Waals surface area contributed by atoms with E-state index in [1.165, 1.54) is 20.3 Å². The first-order valence-corrected chi connectivity index (χ1v) is 11.4. The first kappa shape index (κ1) is 20.8. The second-order valence-electron chi connectivity index (χ2n) is 8.32. The van der Waals surface area contributed by atoms with Crippen LogP contribution < -0.4 is 16.1 Å². The number of aryl methyl sites for hydroxylation is 3. The van der Waals surface area contributed by atoms with Crippen molar-refractivity contribution in [3.05, 3.63) is 84.5 Å². The van der Waals surface area contributed by atoms with Gasteiger partial charge in [0.1, 0.15) is 0 Å². The van der Waals surface area contributed by atoms with Crippen LogP contribution in [0.25, 0.3) is 11.2 Å². The highest BCUT2D eigenvalue weighted by atomic mass is 79.9. The van der Waals surface area contributed by atoms with E-state index in [9.17, 15) is 9.59 Å². The van der Waals surface area contributed by atoms with Gasteiger partial charge in [-0.2, -0.15) is 4.98 Å². The van der Waals surface area contributed by atoms with E-state index in [4.69, 9.17) is 4.98 Å². The monoisotopic (exact) mass is 493 g/mol. The van der Waals surface area contributed by atoms with Crippen molar-refractivity contribution in [2.24, 2.45) is 7.05 Å². The lowest BCUT2D eigenvalue weighted by Gasteiger charge is -2.30. The van der Waals surface area contributed by atoms with Crippen molar-refractivity contribution in [2.45, 2.75) is 33.4 Å². The van der Waals surface area contributed by atoms with E-state index in [-0.39, 0.29) is 17.8 Å². The number of rotatable bonds is 3. The maximum atomic E-state index is 13.5. The Labute approximate surface area is 193 Å². The quantitative estimate of drug-likeness (QED) is 0.434. The minimum absolute atomic E-state index is 0.218. The summed E-state index contributed by atoms with van der Waals surface area (Å²) in [6.07, 6.45) is 0.890. The molecular weight excluding hydrogens is 470 g/mol. The summed E-state index contributed by atoms with van der Waals surface area (Å²) in [5.74, 6) is 0.716. The van der Waals surface area contributed by atoms with E-state index in [2.05, 4.69) is 46.8 Å². The lowest BCUT2D eigenvalue weighted by atomic mass is 10.1. The Morgan fingerprint density at radius 2 is 1.78 bits per heavy atom. The van der Waals surface area contributed by atoms with E-state index in [0.29, 0.717) is 23.7 Å². The number of benzene rings is 2. The van der Waals surface area contributed by atoms with E-state index < -0.39 is 0 Å². The topological polar surface area (TPSA) is 65.1 Å². The highest BCUT2D eigenvalue weighted by Gasteiger charge is 2.27. The third-order valence-electron chi connectivity index (χ3n) is 6.34. The number of anilines is 2. The van der Waals surface area contributed by atoms with Crippen LogP contribution in [0, 0.1) is 13.8 Å². The molecule has 0 spiro atoms. The fourth-order valence-electron chi connectivity index (χ4n) is 4.43. The molecule has 0 aliphatic carbocycles. The predicted octanol–water partition coefficient (Wildman–Crippen LogP) is 3.87. The molecule has 164 valence electrons. The predicted molar refractivity (Wildman–Crippen MR) is 130 cm³/mol. The smallest absolute Gasteiger partial charge is 0.312 e. The normalized spacial score (nSPS) is 13.6. The van der Waals surface area contributed by atoms with Crippen LogP contribution in [0.4, 0.5) is 11.6 Å². The number of fused-ring (bicyclic) bond motifs is 3. The van der Waals surface area contributed by atoms with Crippen LogP contribution in [0.5, 0.6) is 0 Å². The minimum atomic E-state index is -0.362. The zero-order valence-corrected chi connectivity index (χ0v) is 19.9. The van der Waals surface area contributed by atoms with Crippen LogP contribution >= 0.6 is 15.9 Å². The summed E-state index contributed by atoms with van der Waals surface area (Å²) in [6, 6.07) is 13.9. The summed E-state index contributed by atoms with van der Waals surface area (Å²) in [4.78, 5) is 33.6.